The largest absolute Gasteiger partial charge is 0.382 e. The summed E-state index contributed by atoms with van der Waals surface area (Å²) < 4.78 is 5.33. The van der Waals surface area contributed by atoms with Crippen LogP contribution in [0.25, 0.3) is 0 Å². The van der Waals surface area contributed by atoms with Gasteiger partial charge < -0.3 is 10.1 Å². The van der Waals surface area contributed by atoms with Crippen LogP contribution >= 0.6 is 0 Å². The smallest absolute Gasteiger partial charge is 0.0477 e. The monoisotopic (exact) mass is 227 g/mol. The topological polar surface area (TPSA) is 21.3 Å². The van der Waals surface area contributed by atoms with Crippen molar-refractivity contribution in [1.82, 2.24) is 5.32 Å². The van der Waals surface area contributed by atoms with Crippen molar-refractivity contribution in [1.29, 1.82) is 0 Å². The minimum absolute atomic E-state index is 0.787. The first-order valence-electron chi connectivity index (χ1n) is 7.18. The Bertz CT molecular complexity index is 153. The molecule has 1 aliphatic rings. The van der Waals surface area contributed by atoms with E-state index >= 15 is 0 Å². The molecule has 0 radical (unpaired) electrons. The van der Waals surface area contributed by atoms with E-state index in [-0.39, 0.29) is 0 Å². The van der Waals surface area contributed by atoms with Crippen molar-refractivity contribution in [3.05, 3.63) is 0 Å². The molecule has 2 heteroatoms. The van der Waals surface area contributed by atoms with Crippen LogP contribution in [0.4, 0.5) is 0 Å². The van der Waals surface area contributed by atoms with Crippen LogP contribution in [-0.2, 0) is 4.74 Å². The van der Waals surface area contributed by atoms with Gasteiger partial charge in [-0.05, 0) is 51.5 Å². The fourth-order valence-corrected chi connectivity index (χ4v) is 2.69. The zero-order valence-electron chi connectivity index (χ0n) is 11.1. The van der Waals surface area contributed by atoms with Gasteiger partial charge in [-0.2, -0.15) is 0 Å². The van der Waals surface area contributed by atoms with E-state index in [9.17, 15) is 0 Å². The van der Waals surface area contributed by atoms with Gasteiger partial charge in [-0.15, -0.1) is 0 Å². The van der Waals surface area contributed by atoms with E-state index in [0.717, 1.165) is 38.1 Å². The summed E-state index contributed by atoms with van der Waals surface area (Å²) in [5.41, 5.74) is 0. The number of hydrogen-bond acceptors (Lipinski definition) is 2. The van der Waals surface area contributed by atoms with Crippen molar-refractivity contribution in [2.45, 2.75) is 64.8 Å². The highest BCUT2D eigenvalue weighted by atomic mass is 16.5. The average Bonchev–Trinajstić information content (AvgIpc) is 2.31. The second kappa shape index (κ2) is 9.00. The highest BCUT2D eigenvalue weighted by Gasteiger charge is 2.19. The molecular weight excluding hydrogens is 198 g/mol. The van der Waals surface area contributed by atoms with E-state index in [0.29, 0.717) is 0 Å². The summed E-state index contributed by atoms with van der Waals surface area (Å²) in [7, 11) is 0. The third-order valence-corrected chi connectivity index (χ3v) is 3.65. The zero-order valence-corrected chi connectivity index (χ0v) is 11.1. The molecule has 1 N–H and O–H groups in total. The summed E-state index contributed by atoms with van der Waals surface area (Å²) >= 11 is 0. The zero-order chi connectivity index (χ0) is 11.6. The Hall–Kier alpha value is -0.0800. The molecule has 0 aromatic carbocycles. The molecule has 1 saturated carbocycles. The second-order valence-corrected chi connectivity index (χ2v) is 5.01. The maximum Gasteiger partial charge on any atom is 0.0477 e. The first-order valence-corrected chi connectivity index (χ1v) is 7.18. The van der Waals surface area contributed by atoms with Gasteiger partial charge in [-0.25, -0.2) is 0 Å². The molecule has 1 rings (SSSR count). The number of nitrogens with one attached hydrogen (secondary N) is 1. The highest BCUT2D eigenvalue weighted by molar-refractivity contribution is 4.76. The molecule has 0 aromatic rings. The lowest BCUT2D eigenvalue weighted by molar-refractivity contribution is 0.143. The third-order valence-electron chi connectivity index (χ3n) is 3.65. The van der Waals surface area contributed by atoms with Crippen LogP contribution in [-0.4, -0.2) is 25.8 Å². The number of rotatable bonds is 8. The van der Waals surface area contributed by atoms with Crippen LogP contribution in [0.1, 0.15) is 58.8 Å². The molecular formula is C14H29NO. The molecule has 1 aliphatic carbocycles. The first kappa shape index (κ1) is 14.0. The Morgan fingerprint density at radius 3 is 2.50 bits per heavy atom. The van der Waals surface area contributed by atoms with Crippen molar-refractivity contribution >= 4 is 0 Å². The maximum atomic E-state index is 5.33. The quantitative estimate of drug-likeness (QED) is 0.642. The van der Waals surface area contributed by atoms with E-state index in [1.54, 1.807) is 0 Å². The van der Waals surface area contributed by atoms with Gasteiger partial charge in [-0.3, -0.25) is 0 Å². The minimum Gasteiger partial charge on any atom is -0.382 e. The van der Waals surface area contributed by atoms with Gasteiger partial charge >= 0.3 is 0 Å². The molecule has 0 atom stereocenters. The lowest BCUT2D eigenvalue weighted by Gasteiger charge is -2.29. The molecule has 1 fully saturated rings. The molecule has 96 valence electrons. The standard InChI is InChI=1S/C14H29NO/c1-3-6-13-7-9-14(10-8-13)15-11-5-12-16-4-2/h13-15H,3-12H2,1-2H3. The normalized spacial score (nSPS) is 25.9. The van der Waals surface area contributed by atoms with Crippen molar-refractivity contribution < 1.29 is 4.74 Å². The Morgan fingerprint density at radius 1 is 1.12 bits per heavy atom. The van der Waals surface area contributed by atoms with Crippen LogP contribution in [0, 0.1) is 5.92 Å². The average molecular weight is 227 g/mol. The lowest BCUT2D eigenvalue weighted by atomic mass is 9.83. The van der Waals surface area contributed by atoms with E-state index in [2.05, 4.69) is 19.2 Å². The summed E-state index contributed by atoms with van der Waals surface area (Å²) in [5, 5.41) is 3.66. The molecule has 0 heterocycles. The van der Waals surface area contributed by atoms with Gasteiger partial charge in [0.15, 0.2) is 0 Å². The van der Waals surface area contributed by atoms with Crippen LogP contribution < -0.4 is 5.32 Å². The maximum absolute atomic E-state index is 5.33. The summed E-state index contributed by atoms with van der Waals surface area (Å²) in [6.45, 7) is 7.25. The SMILES string of the molecule is CCCC1CCC(NCCCOCC)CC1. The molecule has 2 nitrogen and oxygen atoms in total. The van der Waals surface area contributed by atoms with Gasteiger partial charge in [0.2, 0.25) is 0 Å². The molecule has 0 spiro atoms. The van der Waals surface area contributed by atoms with E-state index in [1.165, 1.54) is 38.5 Å². The molecule has 0 aromatic heterocycles. The van der Waals surface area contributed by atoms with Crippen molar-refractivity contribution in [3.8, 4) is 0 Å². The number of hydrogen-bond donors (Lipinski definition) is 1. The highest BCUT2D eigenvalue weighted by Crippen LogP contribution is 2.27. The minimum atomic E-state index is 0.787. The Labute approximate surface area is 101 Å². The van der Waals surface area contributed by atoms with Crippen LogP contribution in [0.2, 0.25) is 0 Å². The Balaban J connectivity index is 1.95. The molecule has 0 aliphatic heterocycles. The predicted octanol–water partition coefficient (Wildman–Crippen LogP) is 3.36. The summed E-state index contributed by atoms with van der Waals surface area (Å²) in [6.07, 6.45) is 9.61. The molecule has 0 saturated heterocycles. The Morgan fingerprint density at radius 2 is 1.88 bits per heavy atom. The van der Waals surface area contributed by atoms with Crippen LogP contribution in [0.5, 0.6) is 0 Å². The van der Waals surface area contributed by atoms with Crippen LogP contribution in [0.3, 0.4) is 0 Å². The molecule has 0 amide bonds. The molecule has 16 heavy (non-hydrogen) atoms. The van der Waals surface area contributed by atoms with Gasteiger partial charge in [0.25, 0.3) is 0 Å². The van der Waals surface area contributed by atoms with Gasteiger partial charge in [0, 0.05) is 19.3 Å². The molecule has 0 unspecified atom stereocenters. The van der Waals surface area contributed by atoms with E-state index < -0.39 is 0 Å². The third kappa shape index (κ3) is 5.86. The van der Waals surface area contributed by atoms with Crippen molar-refractivity contribution in [2.75, 3.05) is 19.8 Å². The predicted molar refractivity (Wildman–Crippen MR) is 69.8 cm³/mol. The van der Waals surface area contributed by atoms with Crippen molar-refractivity contribution in [3.63, 3.8) is 0 Å². The summed E-state index contributed by atoms with van der Waals surface area (Å²) in [6, 6.07) is 0.787. The number of ether oxygens (including phenoxy) is 1. The van der Waals surface area contributed by atoms with Crippen LogP contribution in [0.15, 0.2) is 0 Å². The van der Waals surface area contributed by atoms with Gasteiger partial charge in [0.1, 0.15) is 0 Å². The second-order valence-electron chi connectivity index (χ2n) is 5.01. The fraction of sp³-hybridized carbons (Fsp3) is 1.00. The molecule has 0 bridgehead atoms. The fourth-order valence-electron chi connectivity index (χ4n) is 2.69. The van der Waals surface area contributed by atoms with E-state index in [1.807, 2.05) is 0 Å². The van der Waals surface area contributed by atoms with Gasteiger partial charge in [0.05, 0.1) is 0 Å². The Kier molecular flexibility index (Phi) is 7.87. The van der Waals surface area contributed by atoms with E-state index in [4.69, 9.17) is 4.74 Å². The summed E-state index contributed by atoms with van der Waals surface area (Å²) in [5.74, 6) is 1.02. The lowest BCUT2D eigenvalue weighted by Crippen LogP contribution is -2.34. The summed E-state index contributed by atoms with van der Waals surface area (Å²) in [4.78, 5) is 0. The van der Waals surface area contributed by atoms with Crippen molar-refractivity contribution in [2.24, 2.45) is 5.92 Å². The van der Waals surface area contributed by atoms with Gasteiger partial charge in [-0.1, -0.05) is 19.8 Å². The first-order chi connectivity index (χ1) is 7.86.